The van der Waals surface area contributed by atoms with Crippen molar-refractivity contribution in [3.8, 4) is 5.75 Å². The minimum absolute atomic E-state index is 0.383. The Bertz CT molecular complexity index is 588. The third-order valence-electron chi connectivity index (χ3n) is 2.97. The number of carbonyl (C=O) groups is 1. The van der Waals surface area contributed by atoms with Gasteiger partial charge in [-0.05, 0) is 31.2 Å². The van der Waals surface area contributed by atoms with E-state index in [1.165, 1.54) is 0 Å². The first-order chi connectivity index (χ1) is 8.58. The highest BCUT2D eigenvalue weighted by atomic mass is 16.5. The normalized spacial score (nSPS) is 12.6. The molecule has 0 saturated heterocycles. The summed E-state index contributed by atoms with van der Waals surface area (Å²) in [4.78, 5) is 10.9. The molecule has 96 valence electrons. The molecule has 1 aromatic carbocycles. The van der Waals surface area contributed by atoms with Gasteiger partial charge in [-0.1, -0.05) is 0 Å². The zero-order valence-electron chi connectivity index (χ0n) is 10.3. The van der Waals surface area contributed by atoms with Gasteiger partial charge in [-0.2, -0.15) is 0 Å². The van der Waals surface area contributed by atoms with Gasteiger partial charge < -0.3 is 19.5 Å². The summed E-state index contributed by atoms with van der Waals surface area (Å²) in [6, 6.07) is 7.17. The highest BCUT2D eigenvalue weighted by molar-refractivity contribution is 5.85. The molecule has 5 heteroatoms. The van der Waals surface area contributed by atoms with E-state index in [0.717, 1.165) is 10.9 Å². The maximum atomic E-state index is 10.9. The van der Waals surface area contributed by atoms with E-state index in [2.05, 4.69) is 0 Å². The molecule has 5 nitrogen and oxygen atoms in total. The predicted octanol–water partition coefficient (Wildman–Crippen LogP) is 1.79. The SMILES string of the molecule is CCn1c(C(O)C(=O)O)cc2cc(OC)ccc21. The minimum atomic E-state index is -1.51. The maximum absolute atomic E-state index is 10.9. The van der Waals surface area contributed by atoms with Crippen molar-refractivity contribution < 1.29 is 19.7 Å². The van der Waals surface area contributed by atoms with Crippen LogP contribution in [0, 0.1) is 0 Å². The van der Waals surface area contributed by atoms with Crippen LogP contribution in [0.25, 0.3) is 10.9 Å². The molecule has 1 aromatic heterocycles. The highest BCUT2D eigenvalue weighted by Crippen LogP contribution is 2.27. The van der Waals surface area contributed by atoms with Crippen LogP contribution in [0.3, 0.4) is 0 Å². The number of ether oxygens (including phenoxy) is 1. The molecule has 0 saturated carbocycles. The maximum Gasteiger partial charge on any atom is 0.338 e. The Morgan fingerprint density at radius 3 is 2.72 bits per heavy atom. The highest BCUT2D eigenvalue weighted by Gasteiger charge is 2.21. The molecule has 2 aromatic rings. The molecule has 0 fully saturated rings. The topological polar surface area (TPSA) is 71.7 Å². The number of aliphatic hydroxyl groups is 1. The second-order valence-corrected chi connectivity index (χ2v) is 3.98. The molecule has 1 heterocycles. The Labute approximate surface area is 104 Å². The van der Waals surface area contributed by atoms with Crippen molar-refractivity contribution in [2.45, 2.75) is 19.6 Å². The first-order valence-corrected chi connectivity index (χ1v) is 5.66. The van der Waals surface area contributed by atoms with Gasteiger partial charge in [-0.3, -0.25) is 0 Å². The number of aryl methyl sites for hydroxylation is 1. The van der Waals surface area contributed by atoms with Crippen molar-refractivity contribution in [3.05, 3.63) is 30.0 Å². The number of nitrogens with zero attached hydrogens (tertiary/aromatic N) is 1. The standard InChI is InChI=1S/C13H15NO4/c1-3-14-10-5-4-9(18-2)6-8(10)7-11(14)12(15)13(16)17/h4-7,12,15H,3H2,1-2H3,(H,16,17). The molecular formula is C13H15NO4. The first kappa shape index (κ1) is 12.4. The van der Waals surface area contributed by atoms with Gasteiger partial charge in [-0.25, -0.2) is 4.79 Å². The Kier molecular flexibility index (Phi) is 3.25. The van der Waals surface area contributed by atoms with Crippen LogP contribution in [-0.2, 0) is 11.3 Å². The molecule has 1 unspecified atom stereocenters. The molecule has 0 bridgehead atoms. The van der Waals surface area contributed by atoms with Crippen molar-refractivity contribution in [1.29, 1.82) is 0 Å². The average Bonchev–Trinajstić information content (AvgIpc) is 2.74. The zero-order chi connectivity index (χ0) is 13.3. The Balaban J connectivity index is 2.63. The molecule has 0 spiro atoms. The van der Waals surface area contributed by atoms with E-state index >= 15 is 0 Å². The van der Waals surface area contributed by atoms with Crippen LogP contribution >= 0.6 is 0 Å². The van der Waals surface area contributed by atoms with Crippen LogP contribution in [-0.4, -0.2) is 27.9 Å². The fourth-order valence-corrected chi connectivity index (χ4v) is 2.10. The van der Waals surface area contributed by atoms with Crippen molar-refractivity contribution in [1.82, 2.24) is 4.57 Å². The van der Waals surface area contributed by atoms with E-state index in [0.29, 0.717) is 18.0 Å². The lowest BCUT2D eigenvalue weighted by Gasteiger charge is -2.10. The smallest absolute Gasteiger partial charge is 0.338 e. The largest absolute Gasteiger partial charge is 0.497 e. The molecule has 0 aliphatic rings. The van der Waals surface area contributed by atoms with Gasteiger partial charge in [0, 0.05) is 17.4 Å². The van der Waals surface area contributed by atoms with Gasteiger partial charge in [0.25, 0.3) is 0 Å². The first-order valence-electron chi connectivity index (χ1n) is 5.66. The number of fused-ring (bicyclic) bond motifs is 1. The number of aromatic nitrogens is 1. The predicted molar refractivity (Wildman–Crippen MR) is 66.8 cm³/mol. The van der Waals surface area contributed by atoms with Crippen LogP contribution in [0.1, 0.15) is 18.7 Å². The fraction of sp³-hybridized carbons (Fsp3) is 0.308. The summed E-state index contributed by atoms with van der Waals surface area (Å²) >= 11 is 0. The second kappa shape index (κ2) is 4.70. The van der Waals surface area contributed by atoms with Crippen LogP contribution in [0.15, 0.2) is 24.3 Å². The van der Waals surface area contributed by atoms with Gasteiger partial charge >= 0.3 is 5.97 Å². The van der Waals surface area contributed by atoms with Gasteiger partial charge in [0.15, 0.2) is 6.10 Å². The molecule has 2 rings (SSSR count). The van der Waals surface area contributed by atoms with E-state index in [1.54, 1.807) is 17.7 Å². The van der Waals surface area contributed by atoms with E-state index in [1.807, 2.05) is 25.1 Å². The zero-order valence-corrected chi connectivity index (χ0v) is 10.3. The van der Waals surface area contributed by atoms with Crippen LogP contribution < -0.4 is 4.74 Å². The average molecular weight is 249 g/mol. The molecule has 0 amide bonds. The van der Waals surface area contributed by atoms with Crippen LogP contribution in [0.4, 0.5) is 0 Å². The summed E-state index contributed by atoms with van der Waals surface area (Å²) < 4.78 is 6.91. The number of carboxylic acid groups (broad SMARTS) is 1. The van der Waals surface area contributed by atoms with E-state index < -0.39 is 12.1 Å². The summed E-state index contributed by atoms with van der Waals surface area (Å²) in [7, 11) is 1.57. The number of hydrogen-bond acceptors (Lipinski definition) is 3. The number of methoxy groups -OCH3 is 1. The van der Waals surface area contributed by atoms with Crippen molar-refractivity contribution in [3.63, 3.8) is 0 Å². The third kappa shape index (κ3) is 1.93. The lowest BCUT2D eigenvalue weighted by molar-refractivity contribution is -0.147. The van der Waals surface area contributed by atoms with Crippen LogP contribution in [0.5, 0.6) is 5.75 Å². The number of hydrogen-bond donors (Lipinski definition) is 2. The molecular weight excluding hydrogens is 234 g/mol. The number of rotatable bonds is 4. The van der Waals surface area contributed by atoms with Gasteiger partial charge in [0.05, 0.1) is 12.8 Å². The van der Waals surface area contributed by atoms with Gasteiger partial charge in [0.2, 0.25) is 0 Å². The summed E-state index contributed by atoms with van der Waals surface area (Å²) in [6.45, 7) is 2.50. The van der Waals surface area contributed by atoms with E-state index in [9.17, 15) is 9.90 Å². The molecule has 2 N–H and O–H groups in total. The number of benzene rings is 1. The second-order valence-electron chi connectivity index (χ2n) is 3.98. The van der Waals surface area contributed by atoms with Crippen molar-refractivity contribution in [2.75, 3.05) is 7.11 Å². The molecule has 0 radical (unpaired) electrons. The summed E-state index contributed by atoms with van der Waals surface area (Å²) in [5.41, 5.74) is 1.27. The monoisotopic (exact) mass is 249 g/mol. The van der Waals surface area contributed by atoms with Gasteiger partial charge in [-0.15, -0.1) is 0 Å². The van der Waals surface area contributed by atoms with Crippen LogP contribution in [0.2, 0.25) is 0 Å². The summed E-state index contributed by atoms with van der Waals surface area (Å²) in [5, 5.41) is 19.4. The Morgan fingerprint density at radius 2 is 2.17 bits per heavy atom. The lowest BCUT2D eigenvalue weighted by Crippen LogP contribution is -2.14. The third-order valence-corrected chi connectivity index (χ3v) is 2.97. The quantitative estimate of drug-likeness (QED) is 0.866. The number of carboxylic acids is 1. The van der Waals surface area contributed by atoms with Crippen molar-refractivity contribution >= 4 is 16.9 Å². The Hall–Kier alpha value is -2.01. The summed E-state index contributed by atoms with van der Waals surface area (Å²) in [6.07, 6.45) is -1.51. The van der Waals surface area contributed by atoms with E-state index in [-0.39, 0.29) is 0 Å². The van der Waals surface area contributed by atoms with E-state index in [4.69, 9.17) is 9.84 Å². The number of aliphatic hydroxyl groups excluding tert-OH is 1. The summed E-state index contributed by atoms with van der Waals surface area (Å²) in [5.74, 6) is -0.549. The molecule has 0 aliphatic carbocycles. The number of aliphatic carboxylic acids is 1. The Morgan fingerprint density at radius 1 is 1.44 bits per heavy atom. The molecule has 0 aliphatic heterocycles. The molecule has 18 heavy (non-hydrogen) atoms. The minimum Gasteiger partial charge on any atom is -0.497 e. The van der Waals surface area contributed by atoms with Crippen molar-refractivity contribution in [2.24, 2.45) is 0 Å². The fourth-order valence-electron chi connectivity index (χ4n) is 2.10. The lowest BCUT2D eigenvalue weighted by atomic mass is 10.2. The van der Waals surface area contributed by atoms with Gasteiger partial charge in [0.1, 0.15) is 5.75 Å². The molecule has 1 atom stereocenters.